The van der Waals surface area contributed by atoms with Gasteiger partial charge in [-0.3, -0.25) is 4.68 Å². The third-order valence-corrected chi connectivity index (χ3v) is 3.54. The van der Waals surface area contributed by atoms with Gasteiger partial charge in [0, 0.05) is 17.8 Å². The number of nitrogens with one attached hydrogen (secondary N) is 1. The van der Waals surface area contributed by atoms with E-state index in [-0.39, 0.29) is 0 Å². The van der Waals surface area contributed by atoms with Crippen LogP contribution in [-0.2, 0) is 13.1 Å². The van der Waals surface area contributed by atoms with Crippen molar-refractivity contribution in [3.8, 4) is 0 Å². The van der Waals surface area contributed by atoms with Gasteiger partial charge >= 0.3 is 0 Å². The first-order valence-electron chi connectivity index (χ1n) is 7.02. The molecular weight excluding hydrogens is 270 g/mol. The Hall–Kier alpha value is -1.32. The van der Waals surface area contributed by atoms with Crippen LogP contribution in [0, 0.1) is 12.8 Å². The van der Waals surface area contributed by atoms with E-state index in [0.717, 1.165) is 23.7 Å². The fraction of sp³-hybridized carbons (Fsp3) is 0.438. The van der Waals surface area contributed by atoms with Crippen LogP contribution < -0.4 is 5.32 Å². The minimum Gasteiger partial charge on any atom is -0.311 e. The molecule has 1 heterocycles. The number of rotatable bonds is 6. The second-order valence-corrected chi connectivity index (χ2v) is 6.01. The molecule has 0 atom stereocenters. The van der Waals surface area contributed by atoms with Gasteiger partial charge in [0.1, 0.15) is 0 Å². The van der Waals surface area contributed by atoms with Crippen molar-refractivity contribution in [1.29, 1.82) is 0 Å². The second kappa shape index (κ2) is 6.91. The molecule has 0 fully saturated rings. The maximum atomic E-state index is 6.29. The lowest BCUT2D eigenvalue weighted by molar-refractivity contribution is 0.529. The highest BCUT2D eigenvalue weighted by Gasteiger charge is 2.06. The summed E-state index contributed by atoms with van der Waals surface area (Å²) in [5.41, 5.74) is 3.46. The average Bonchev–Trinajstić information content (AvgIpc) is 2.80. The number of benzene rings is 1. The first-order valence-corrected chi connectivity index (χ1v) is 7.40. The van der Waals surface area contributed by atoms with Crippen molar-refractivity contribution in [3.05, 3.63) is 52.3 Å². The zero-order valence-corrected chi connectivity index (χ0v) is 13.1. The van der Waals surface area contributed by atoms with E-state index < -0.39 is 0 Å². The molecule has 0 saturated heterocycles. The van der Waals surface area contributed by atoms with E-state index in [2.05, 4.69) is 42.5 Å². The summed E-state index contributed by atoms with van der Waals surface area (Å²) < 4.78 is 2.00. The minimum absolute atomic E-state index is 0.651. The zero-order valence-electron chi connectivity index (χ0n) is 12.4. The Morgan fingerprint density at radius 2 is 2.10 bits per heavy atom. The monoisotopic (exact) mass is 291 g/mol. The first-order chi connectivity index (χ1) is 9.56. The van der Waals surface area contributed by atoms with Gasteiger partial charge in [-0.2, -0.15) is 5.10 Å². The van der Waals surface area contributed by atoms with Crippen LogP contribution in [0.25, 0.3) is 0 Å². The summed E-state index contributed by atoms with van der Waals surface area (Å²) in [6, 6.07) is 8.21. The van der Waals surface area contributed by atoms with E-state index in [1.807, 2.05) is 23.9 Å². The van der Waals surface area contributed by atoms with Crippen molar-refractivity contribution in [2.24, 2.45) is 5.92 Å². The molecule has 1 N–H and O–H groups in total. The molecule has 0 aliphatic carbocycles. The van der Waals surface area contributed by atoms with Crippen molar-refractivity contribution in [2.45, 2.75) is 33.9 Å². The molecular formula is C16H22ClN3. The summed E-state index contributed by atoms with van der Waals surface area (Å²) in [6.07, 6.45) is 1.84. The molecule has 0 saturated carbocycles. The molecule has 0 aliphatic heterocycles. The standard InChI is InChI=1S/C16H22ClN3/c1-12(2)9-18-10-15-6-7-19-20(15)11-14-5-4-13(3)8-16(14)17/h4-8,12,18H,9-11H2,1-3H3. The van der Waals surface area contributed by atoms with Gasteiger partial charge < -0.3 is 5.32 Å². The molecule has 2 rings (SSSR count). The Labute approximate surface area is 126 Å². The normalized spacial score (nSPS) is 11.2. The molecule has 0 radical (unpaired) electrons. The number of nitrogens with zero attached hydrogens (tertiary/aromatic N) is 2. The van der Waals surface area contributed by atoms with E-state index in [1.54, 1.807) is 0 Å². The van der Waals surface area contributed by atoms with Gasteiger partial charge in [0.15, 0.2) is 0 Å². The highest BCUT2D eigenvalue weighted by molar-refractivity contribution is 6.31. The highest BCUT2D eigenvalue weighted by Crippen LogP contribution is 2.19. The van der Waals surface area contributed by atoms with Gasteiger partial charge in [-0.1, -0.05) is 37.6 Å². The van der Waals surface area contributed by atoms with Crippen molar-refractivity contribution in [1.82, 2.24) is 15.1 Å². The third-order valence-electron chi connectivity index (χ3n) is 3.19. The smallest absolute Gasteiger partial charge is 0.0677 e. The molecule has 0 amide bonds. The Morgan fingerprint density at radius 3 is 2.80 bits per heavy atom. The van der Waals surface area contributed by atoms with E-state index >= 15 is 0 Å². The number of aromatic nitrogens is 2. The number of halogens is 1. The lowest BCUT2D eigenvalue weighted by Gasteiger charge is -2.11. The second-order valence-electron chi connectivity index (χ2n) is 5.60. The van der Waals surface area contributed by atoms with Crippen molar-refractivity contribution in [3.63, 3.8) is 0 Å². The largest absolute Gasteiger partial charge is 0.311 e. The lowest BCUT2D eigenvalue weighted by Crippen LogP contribution is -2.21. The van der Waals surface area contributed by atoms with E-state index in [4.69, 9.17) is 11.6 Å². The Kier molecular flexibility index (Phi) is 5.21. The van der Waals surface area contributed by atoms with E-state index in [1.165, 1.54) is 11.3 Å². The van der Waals surface area contributed by atoms with E-state index in [0.29, 0.717) is 12.5 Å². The SMILES string of the molecule is Cc1ccc(Cn2nccc2CNCC(C)C)c(Cl)c1. The van der Waals surface area contributed by atoms with Crippen molar-refractivity contribution < 1.29 is 0 Å². The topological polar surface area (TPSA) is 29.9 Å². The van der Waals surface area contributed by atoms with Crippen LogP contribution in [-0.4, -0.2) is 16.3 Å². The number of hydrogen-bond donors (Lipinski definition) is 1. The van der Waals surface area contributed by atoms with Crippen LogP contribution in [0.4, 0.5) is 0 Å². The Balaban J connectivity index is 2.04. The summed E-state index contributed by atoms with van der Waals surface area (Å²) >= 11 is 6.29. The summed E-state index contributed by atoms with van der Waals surface area (Å²) in [6.45, 7) is 9.01. The summed E-state index contributed by atoms with van der Waals surface area (Å²) in [7, 11) is 0. The van der Waals surface area contributed by atoms with Crippen LogP contribution in [0.2, 0.25) is 5.02 Å². The van der Waals surface area contributed by atoms with Crippen molar-refractivity contribution >= 4 is 11.6 Å². The highest BCUT2D eigenvalue weighted by atomic mass is 35.5. The van der Waals surface area contributed by atoms with Crippen LogP contribution in [0.15, 0.2) is 30.5 Å². The van der Waals surface area contributed by atoms with Gasteiger partial charge in [0.25, 0.3) is 0 Å². The minimum atomic E-state index is 0.651. The fourth-order valence-corrected chi connectivity index (χ4v) is 2.38. The van der Waals surface area contributed by atoms with Crippen LogP contribution >= 0.6 is 11.6 Å². The molecule has 1 aromatic carbocycles. The molecule has 0 bridgehead atoms. The maximum absolute atomic E-state index is 6.29. The molecule has 108 valence electrons. The lowest BCUT2D eigenvalue weighted by atomic mass is 10.1. The Bertz CT molecular complexity index is 561. The molecule has 0 unspecified atom stereocenters. The van der Waals surface area contributed by atoms with Gasteiger partial charge in [-0.25, -0.2) is 0 Å². The fourth-order valence-electron chi connectivity index (χ4n) is 2.08. The molecule has 1 aromatic heterocycles. The molecule has 0 aliphatic rings. The van der Waals surface area contributed by atoms with Gasteiger partial charge in [0.2, 0.25) is 0 Å². The summed E-state index contributed by atoms with van der Waals surface area (Å²) in [4.78, 5) is 0. The zero-order chi connectivity index (χ0) is 14.5. The third kappa shape index (κ3) is 4.09. The molecule has 0 spiro atoms. The van der Waals surface area contributed by atoms with Crippen LogP contribution in [0.1, 0.15) is 30.7 Å². The average molecular weight is 292 g/mol. The molecule has 20 heavy (non-hydrogen) atoms. The predicted molar refractivity (Wildman–Crippen MR) is 84.1 cm³/mol. The summed E-state index contributed by atoms with van der Waals surface area (Å²) in [5, 5.41) is 8.64. The van der Waals surface area contributed by atoms with E-state index in [9.17, 15) is 0 Å². The first kappa shape index (κ1) is 15.1. The van der Waals surface area contributed by atoms with Crippen LogP contribution in [0.3, 0.4) is 0 Å². The number of aryl methyl sites for hydroxylation is 1. The van der Waals surface area contributed by atoms with Gasteiger partial charge in [-0.05, 0) is 42.6 Å². The van der Waals surface area contributed by atoms with Gasteiger partial charge in [0.05, 0.1) is 12.2 Å². The molecule has 4 heteroatoms. The Morgan fingerprint density at radius 1 is 1.30 bits per heavy atom. The summed E-state index contributed by atoms with van der Waals surface area (Å²) in [5.74, 6) is 0.651. The number of hydrogen-bond acceptors (Lipinski definition) is 2. The maximum Gasteiger partial charge on any atom is 0.0677 e. The molecule has 2 aromatic rings. The van der Waals surface area contributed by atoms with Gasteiger partial charge in [-0.15, -0.1) is 0 Å². The van der Waals surface area contributed by atoms with Crippen LogP contribution in [0.5, 0.6) is 0 Å². The van der Waals surface area contributed by atoms with Crippen molar-refractivity contribution in [2.75, 3.05) is 6.54 Å². The quantitative estimate of drug-likeness (QED) is 0.880. The predicted octanol–water partition coefficient (Wildman–Crippen LogP) is 3.64. The molecule has 3 nitrogen and oxygen atoms in total.